The molecule has 0 bridgehead atoms. The number of halogens is 2. The van der Waals surface area contributed by atoms with Gasteiger partial charge in [0.2, 0.25) is 0 Å². The molecule has 1 aromatic carbocycles. The van der Waals surface area contributed by atoms with Crippen LogP contribution in [0.3, 0.4) is 0 Å². The Bertz CT molecular complexity index is 1240. The van der Waals surface area contributed by atoms with Crippen molar-refractivity contribution in [2.75, 3.05) is 0 Å². The van der Waals surface area contributed by atoms with E-state index in [2.05, 4.69) is 0 Å². The van der Waals surface area contributed by atoms with Gasteiger partial charge in [-0.05, 0) is 23.3 Å². The van der Waals surface area contributed by atoms with Crippen LogP contribution < -0.4 is 0 Å². The van der Waals surface area contributed by atoms with Crippen molar-refractivity contribution in [2.24, 2.45) is 0 Å². The second kappa shape index (κ2) is 6.37. The number of nitriles is 6. The van der Waals surface area contributed by atoms with E-state index in [1.54, 1.807) is 36.4 Å². The predicted molar refractivity (Wildman–Crippen MR) is 90.0 cm³/mol. The normalized spacial score (nSPS) is 13.4. The number of allylic oxidation sites excluding steroid dienone is 8. The minimum Gasteiger partial charge on any atom is -0.205 e. The van der Waals surface area contributed by atoms with E-state index in [0.29, 0.717) is 0 Å². The van der Waals surface area contributed by atoms with Gasteiger partial charge < -0.3 is 0 Å². The summed E-state index contributed by atoms with van der Waals surface area (Å²) in [6.07, 6.45) is 0. The van der Waals surface area contributed by atoms with Gasteiger partial charge >= 0.3 is 0 Å². The van der Waals surface area contributed by atoms with Crippen LogP contribution in [-0.2, 0) is 0 Å². The molecule has 0 aromatic heterocycles. The summed E-state index contributed by atoms with van der Waals surface area (Å²) in [5, 5.41) is 55.0. The molecule has 6 nitrogen and oxygen atoms in total. The van der Waals surface area contributed by atoms with Gasteiger partial charge in [0.1, 0.15) is 47.6 Å². The molecule has 2 aliphatic carbocycles. The van der Waals surface area contributed by atoms with E-state index in [9.17, 15) is 19.3 Å². The van der Waals surface area contributed by atoms with Crippen molar-refractivity contribution in [3.63, 3.8) is 0 Å². The van der Waals surface area contributed by atoms with E-state index >= 15 is 0 Å². The smallest absolute Gasteiger partial charge is 0.151 e. The molecule has 3 rings (SSSR count). The summed E-state index contributed by atoms with van der Waals surface area (Å²) in [5.41, 5.74) is -3.10. The Morgan fingerprint density at radius 2 is 0.893 bits per heavy atom. The summed E-state index contributed by atoms with van der Waals surface area (Å²) in [6.45, 7) is 0. The quantitative estimate of drug-likeness (QED) is 0.642. The third-order valence-corrected chi connectivity index (χ3v) is 4.28. The fourth-order valence-corrected chi connectivity index (χ4v) is 3.13. The molecule has 0 saturated heterocycles. The van der Waals surface area contributed by atoms with Crippen LogP contribution in [0.25, 0.3) is 22.3 Å². The second-order valence-electron chi connectivity index (χ2n) is 5.49. The Kier molecular flexibility index (Phi) is 4.05. The minimum atomic E-state index is -1.09. The molecule has 2 aliphatic rings. The lowest BCUT2D eigenvalue weighted by Gasteiger charge is -2.08. The average molecular weight is 364 g/mol. The molecule has 0 atom stereocenters. The molecule has 0 saturated carbocycles. The van der Waals surface area contributed by atoms with Gasteiger partial charge in [-0.2, -0.15) is 31.6 Å². The summed E-state index contributed by atoms with van der Waals surface area (Å²) < 4.78 is 29.5. The van der Waals surface area contributed by atoms with Crippen molar-refractivity contribution in [1.29, 1.82) is 31.6 Å². The highest BCUT2D eigenvalue weighted by Crippen LogP contribution is 2.50. The number of rotatable bonds is 0. The summed E-state index contributed by atoms with van der Waals surface area (Å²) in [5.74, 6) is -2.18. The van der Waals surface area contributed by atoms with Crippen molar-refractivity contribution < 1.29 is 8.78 Å². The first-order valence-corrected chi connectivity index (χ1v) is 7.37. The monoisotopic (exact) mass is 364 g/mol. The second-order valence-corrected chi connectivity index (χ2v) is 5.49. The number of hydrogen-bond donors (Lipinski definition) is 0. The first kappa shape index (κ1) is 17.8. The third kappa shape index (κ3) is 2.11. The molecule has 0 amide bonds. The van der Waals surface area contributed by atoms with E-state index in [1.807, 2.05) is 0 Å². The van der Waals surface area contributed by atoms with E-state index < -0.39 is 45.1 Å². The maximum atomic E-state index is 14.7. The van der Waals surface area contributed by atoms with Crippen LogP contribution in [-0.4, -0.2) is 0 Å². The summed E-state index contributed by atoms with van der Waals surface area (Å²) in [4.78, 5) is 0. The fourth-order valence-electron chi connectivity index (χ4n) is 3.13. The zero-order valence-corrected chi connectivity index (χ0v) is 13.6. The van der Waals surface area contributed by atoms with E-state index in [0.717, 1.165) is 0 Å². The Balaban J connectivity index is 2.53. The summed E-state index contributed by atoms with van der Waals surface area (Å²) in [7, 11) is 0. The van der Waals surface area contributed by atoms with Crippen molar-refractivity contribution in [2.45, 2.75) is 0 Å². The fraction of sp³-hybridized carbons (Fsp3) is 0. The zero-order valence-electron chi connectivity index (χ0n) is 13.6. The average Bonchev–Trinajstić information content (AvgIpc) is 3.13. The first-order chi connectivity index (χ1) is 13.5. The Hall–Kier alpha value is -5.02. The van der Waals surface area contributed by atoms with E-state index in [4.69, 9.17) is 21.0 Å². The standard InChI is InChI=1S/C20H2F2N6/c21-19-15(7-27)11-1-12-14(2-13(11)17(19)9(3-23)4-24)18(10(5-25)6-26)20(22)16(12)8-28/h1-2H. The number of benzene rings is 1. The third-order valence-electron chi connectivity index (χ3n) is 4.28. The Morgan fingerprint density at radius 1 is 0.571 bits per heavy atom. The van der Waals surface area contributed by atoms with Crippen molar-refractivity contribution >= 4 is 22.3 Å². The van der Waals surface area contributed by atoms with Crippen LogP contribution >= 0.6 is 0 Å². The van der Waals surface area contributed by atoms with Crippen LogP contribution in [0.5, 0.6) is 0 Å². The van der Waals surface area contributed by atoms with E-state index in [-0.39, 0.29) is 22.3 Å². The van der Waals surface area contributed by atoms with Gasteiger partial charge in [0.25, 0.3) is 0 Å². The minimum absolute atomic E-state index is 0.0194. The maximum absolute atomic E-state index is 14.7. The summed E-state index contributed by atoms with van der Waals surface area (Å²) >= 11 is 0. The first-order valence-electron chi connectivity index (χ1n) is 7.37. The van der Waals surface area contributed by atoms with Gasteiger partial charge in [0, 0.05) is 22.3 Å². The molecule has 0 spiro atoms. The molecule has 0 aliphatic heterocycles. The van der Waals surface area contributed by atoms with Crippen molar-refractivity contribution in [1.82, 2.24) is 0 Å². The lowest BCUT2D eigenvalue weighted by Crippen LogP contribution is -1.94. The highest BCUT2D eigenvalue weighted by atomic mass is 19.1. The largest absolute Gasteiger partial charge is 0.205 e. The lowest BCUT2D eigenvalue weighted by atomic mass is 9.92. The highest BCUT2D eigenvalue weighted by molar-refractivity contribution is 6.10. The van der Waals surface area contributed by atoms with Gasteiger partial charge in [-0.3, -0.25) is 0 Å². The molecule has 1 aromatic rings. The molecule has 0 fully saturated rings. The van der Waals surface area contributed by atoms with Gasteiger partial charge in [0.05, 0.1) is 11.1 Å². The van der Waals surface area contributed by atoms with Crippen LogP contribution in [0.2, 0.25) is 0 Å². The summed E-state index contributed by atoms with van der Waals surface area (Å²) in [6, 6.07) is 11.8. The number of nitrogens with zero attached hydrogens (tertiary/aromatic N) is 6. The molecule has 28 heavy (non-hydrogen) atoms. The van der Waals surface area contributed by atoms with Crippen molar-refractivity contribution in [3.8, 4) is 36.4 Å². The Morgan fingerprint density at radius 3 is 1.18 bits per heavy atom. The van der Waals surface area contributed by atoms with Crippen molar-refractivity contribution in [3.05, 3.63) is 57.2 Å². The molecule has 0 N–H and O–H groups in total. The van der Waals surface area contributed by atoms with Gasteiger partial charge in [0.15, 0.2) is 11.7 Å². The number of hydrogen-bond acceptors (Lipinski definition) is 6. The molecule has 0 unspecified atom stereocenters. The molecule has 0 heterocycles. The molecule has 0 radical (unpaired) electrons. The zero-order chi connectivity index (χ0) is 20.6. The number of fused-ring (bicyclic) bond motifs is 2. The predicted octanol–water partition coefficient (Wildman–Crippen LogP) is 3.72. The van der Waals surface area contributed by atoms with Crippen LogP contribution in [0.15, 0.2) is 34.9 Å². The highest BCUT2D eigenvalue weighted by Gasteiger charge is 2.36. The topological polar surface area (TPSA) is 143 Å². The van der Waals surface area contributed by atoms with Crippen LogP contribution in [0.4, 0.5) is 8.78 Å². The molecule has 126 valence electrons. The maximum Gasteiger partial charge on any atom is 0.151 e. The SMILES string of the molecule is N#CC(C#N)=C1C(F)=C(C#N)c2cc3c(cc21)C(=C(C#N)C#N)C(F)=C3C#N. The molecular weight excluding hydrogens is 362 g/mol. The van der Waals surface area contributed by atoms with Gasteiger partial charge in [-0.1, -0.05) is 0 Å². The molecule has 8 heteroatoms. The van der Waals surface area contributed by atoms with E-state index in [1.165, 1.54) is 12.1 Å². The van der Waals surface area contributed by atoms with Gasteiger partial charge in [-0.25, -0.2) is 8.78 Å². The lowest BCUT2D eigenvalue weighted by molar-refractivity contribution is 0.681. The van der Waals surface area contributed by atoms with Crippen LogP contribution in [0, 0.1) is 68.0 Å². The molecular formula is C20H2F2N6. The van der Waals surface area contributed by atoms with Crippen LogP contribution in [0.1, 0.15) is 22.3 Å². The Labute approximate surface area is 156 Å². The van der Waals surface area contributed by atoms with Gasteiger partial charge in [-0.15, -0.1) is 0 Å².